The number of aromatic nitrogens is 2. The van der Waals surface area contributed by atoms with E-state index in [1.807, 2.05) is 35.8 Å². The van der Waals surface area contributed by atoms with Crippen LogP contribution in [-0.4, -0.2) is 15.8 Å². The van der Waals surface area contributed by atoms with Crippen LogP contribution in [0.1, 0.15) is 11.1 Å². The van der Waals surface area contributed by atoms with Crippen LogP contribution in [0.2, 0.25) is 10.0 Å². The number of thiazole rings is 1. The molecule has 33 heavy (non-hydrogen) atoms. The lowest BCUT2D eigenvalue weighted by molar-refractivity contribution is 0.628. The maximum Gasteiger partial charge on any atom is 0.203 e. The molecule has 0 atom stereocenters. The molecule has 4 nitrogen and oxygen atoms in total. The lowest BCUT2D eigenvalue weighted by Gasteiger charge is -2.08. The van der Waals surface area contributed by atoms with Crippen molar-refractivity contribution in [2.24, 2.45) is 5.10 Å². The maximum atomic E-state index is 13.1. The highest BCUT2D eigenvalue weighted by Crippen LogP contribution is 2.27. The number of benzene rings is 3. The minimum Gasteiger partial charge on any atom is -0.342 e. The molecule has 0 aliphatic carbocycles. The molecule has 5 aromatic rings. The highest BCUT2D eigenvalue weighted by atomic mass is 35.5. The third-order valence-electron chi connectivity index (χ3n) is 5.18. The minimum atomic E-state index is -0.269. The number of para-hydroxylation sites is 1. The Labute approximate surface area is 203 Å². The molecule has 0 aliphatic rings. The van der Waals surface area contributed by atoms with Crippen molar-refractivity contribution in [1.29, 1.82) is 0 Å². The summed E-state index contributed by atoms with van der Waals surface area (Å²) in [6.45, 7) is 0.616. The smallest absolute Gasteiger partial charge is 0.203 e. The van der Waals surface area contributed by atoms with Gasteiger partial charge < -0.3 is 4.57 Å². The number of nitrogens with one attached hydrogen (secondary N) is 1. The monoisotopic (exact) mass is 494 g/mol. The lowest BCUT2D eigenvalue weighted by atomic mass is 10.2. The number of hydrogen-bond donors (Lipinski definition) is 1. The van der Waals surface area contributed by atoms with E-state index in [9.17, 15) is 4.39 Å². The summed E-state index contributed by atoms with van der Waals surface area (Å²) in [6, 6.07) is 19.9. The molecular formula is C25H17Cl2FN4S. The Morgan fingerprint density at radius 3 is 2.70 bits per heavy atom. The van der Waals surface area contributed by atoms with Crippen molar-refractivity contribution < 1.29 is 4.39 Å². The second kappa shape index (κ2) is 9.35. The first-order valence-electron chi connectivity index (χ1n) is 10.1. The number of hydrogen-bond acceptors (Lipinski definition) is 4. The molecule has 0 aliphatic heterocycles. The van der Waals surface area contributed by atoms with Crippen molar-refractivity contribution in [2.45, 2.75) is 6.54 Å². The summed E-state index contributed by atoms with van der Waals surface area (Å²) in [4.78, 5) is 4.52. The van der Waals surface area contributed by atoms with Gasteiger partial charge in [-0.15, -0.1) is 11.3 Å². The zero-order valence-electron chi connectivity index (χ0n) is 17.2. The Morgan fingerprint density at radius 2 is 1.88 bits per heavy atom. The zero-order valence-corrected chi connectivity index (χ0v) is 19.5. The van der Waals surface area contributed by atoms with E-state index in [1.54, 1.807) is 24.4 Å². The predicted octanol–water partition coefficient (Wildman–Crippen LogP) is 7.71. The molecule has 0 spiro atoms. The summed E-state index contributed by atoms with van der Waals surface area (Å²) in [5, 5.41) is 9.29. The molecule has 5 rings (SSSR count). The van der Waals surface area contributed by atoms with Gasteiger partial charge >= 0.3 is 0 Å². The average molecular weight is 495 g/mol. The van der Waals surface area contributed by atoms with Crippen molar-refractivity contribution >= 4 is 56.8 Å². The van der Waals surface area contributed by atoms with Crippen LogP contribution < -0.4 is 5.43 Å². The number of fused-ring (bicyclic) bond motifs is 1. The third-order valence-corrected chi connectivity index (χ3v) is 6.52. The van der Waals surface area contributed by atoms with Gasteiger partial charge in [0.15, 0.2) is 0 Å². The van der Waals surface area contributed by atoms with Gasteiger partial charge in [0.05, 0.1) is 11.9 Å². The van der Waals surface area contributed by atoms with Crippen LogP contribution in [0.5, 0.6) is 0 Å². The van der Waals surface area contributed by atoms with Gasteiger partial charge in [0, 0.05) is 50.2 Å². The molecule has 0 unspecified atom stereocenters. The molecule has 0 saturated carbocycles. The number of nitrogens with zero attached hydrogens (tertiary/aromatic N) is 3. The second-order valence-corrected chi connectivity index (χ2v) is 9.08. The first-order chi connectivity index (χ1) is 16.1. The summed E-state index contributed by atoms with van der Waals surface area (Å²) < 4.78 is 15.3. The van der Waals surface area contributed by atoms with Crippen molar-refractivity contribution in [3.05, 3.63) is 105 Å². The standard InChI is InChI=1S/C25H17Cl2FN4S/c26-19-8-5-17(22(27)11-19)13-32-14-18(21-3-1-2-4-24(21)32)12-29-31-25-30-23(15-33-25)16-6-9-20(28)10-7-16/h1-12,14-15H,13H2,(H,30,31)/b29-12+. The fraction of sp³-hybridized carbons (Fsp3) is 0.0400. The minimum absolute atomic E-state index is 0.269. The maximum absolute atomic E-state index is 13.1. The van der Waals surface area contributed by atoms with Crippen LogP contribution >= 0.6 is 34.5 Å². The molecule has 0 amide bonds. The summed E-state index contributed by atoms with van der Waals surface area (Å²) in [7, 11) is 0. The third kappa shape index (κ3) is 4.78. The molecule has 164 valence electrons. The van der Waals surface area contributed by atoms with Crippen LogP contribution in [0.25, 0.3) is 22.2 Å². The number of rotatable bonds is 6. The van der Waals surface area contributed by atoms with Crippen molar-refractivity contribution in [3.63, 3.8) is 0 Å². The Hall–Kier alpha value is -3.19. The van der Waals surface area contributed by atoms with Crippen LogP contribution in [0.3, 0.4) is 0 Å². The van der Waals surface area contributed by atoms with E-state index in [2.05, 4.69) is 32.2 Å². The Kier molecular flexibility index (Phi) is 6.13. The summed E-state index contributed by atoms with van der Waals surface area (Å²) >= 11 is 13.9. The molecule has 0 fully saturated rings. The van der Waals surface area contributed by atoms with E-state index in [-0.39, 0.29) is 5.82 Å². The highest BCUT2D eigenvalue weighted by Gasteiger charge is 2.10. The molecule has 0 radical (unpaired) electrons. The number of anilines is 1. The Bertz CT molecular complexity index is 1460. The molecule has 8 heteroatoms. The molecular weight excluding hydrogens is 478 g/mol. The van der Waals surface area contributed by atoms with Gasteiger partial charge in [-0.05, 0) is 48.0 Å². The van der Waals surface area contributed by atoms with E-state index in [1.165, 1.54) is 23.5 Å². The van der Waals surface area contributed by atoms with E-state index in [0.29, 0.717) is 21.7 Å². The Balaban J connectivity index is 1.36. The van der Waals surface area contributed by atoms with Gasteiger partial charge in [-0.3, -0.25) is 5.43 Å². The highest BCUT2D eigenvalue weighted by molar-refractivity contribution is 7.14. The summed E-state index contributed by atoms with van der Waals surface area (Å²) in [5.74, 6) is -0.269. The van der Waals surface area contributed by atoms with E-state index < -0.39 is 0 Å². The van der Waals surface area contributed by atoms with Gasteiger partial charge in [-0.2, -0.15) is 5.10 Å². The van der Waals surface area contributed by atoms with Crippen molar-refractivity contribution in [2.75, 3.05) is 5.43 Å². The van der Waals surface area contributed by atoms with Gasteiger partial charge in [0.25, 0.3) is 0 Å². The van der Waals surface area contributed by atoms with Crippen LogP contribution in [0.4, 0.5) is 9.52 Å². The molecule has 2 aromatic heterocycles. The topological polar surface area (TPSA) is 42.2 Å². The fourth-order valence-corrected chi connectivity index (χ4v) is 4.71. The van der Waals surface area contributed by atoms with E-state index >= 15 is 0 Å². The van der Waals surface area contributed by atoms with Crippen LogP contribution in [0, 0.1) is 5.82 Å². The predicted molar refractivity (Wildman–Crippen MR) is 136 cm³/mol. The average Bonchev–Trinajstić information content (AvgIpc) is 3.42. The van der Waals surface area contributed by atoms with E-state index in [0.717, 1.165) is 33.3 Å². The van der Waals surface area contributed by atoms with Gasteiger partial charge in [-0.25, -0.2) is 9.37 Å². The molecule has 0 bridgehead atoms. The summed E-state index contributed by atoms with van der Waals surface area (Å²) in [5.41, 5.74) is 7.66. The molecule has 2 heterocycles. The fourth-order valence-electron chi connectivity index (χ4n) is 3.58. The van der Waals surface area contributed by atoms with Gasteiger partial charge in [-0.1, -0.05) is 47.5 Å². The molecule has 1 N–H and O–H groups in total. The SMILES string of the molecule is Fc1ccc(-c2csc(N/N=C/c3cn(Cc4ccc(Cl)cc4Cl)c4ccccc34)n2)cc1. The number of hydrazone groups is 1. The van der Waals surface area contributed by atoms with Crippen molar-refractivity contribution in [1.82, 2.24) is 9.55 Å². The van der Waals surface area contributed by atoms with Crippen LogP contribution in [0.15, 0.2) is 83.4 Å². The second-order valence-electron chi connectivity index (χ2n) is 7.38. The number of halogens is 3. The lowest BCUT2D eigenvalue weighted by Crippen LogP contribution is -1.98. The normalized spacial score (nSPS) is 11.5. The van der Waals surface area contributed by atoms with E-state index in [4.69, 9.17) is 23.2 Å². The van der Waals surface area contributed by atoms with Gasteiger partial charge in [0.1, 0.15) is 5.82 Å². The quantitative estimate of drug-likeness (QED) is 0.194. The Morgan fingerprint density at radius 1 is 1.06 bits per heavy atom. The summed E-state index contributed by atoms with van der Waals surface area (Å²) in [6.07, 6.45) is 3.83. The largest absolute Gasteiger partial charge is 0.342 e. The molecule has 0 saturated heterocycles. The van der Waals surface area contributed by atoms with Crippen LogP contribution in [-0.2, 0) is 6.54 Å². The first kappa shape index (κ1) is 21.6. The first-order valence-corrected chi connectivity index (χ1v) is 11.7. The zero-order chi connectivity index (χ0) is 22.8. The van der Waals surface area contributed by atoms with Gasteiger partial charge in [0.2, 0.25) is 5.13 Å². The molecule has 3 aromatic carbocycles. The van der Waals surface area contributed by atoms with Crippen molar-refractivity contribution in [3.8, 4) is 11.3 Å².